The van der Waals surface area contributed by atoms with Gasteiger partial charge < -0.3 is 19.8 Å². The number of hydrogen-bond acceptors (Lipinski definition) is 5. The van der Waals surface area contributed by atoms with Crippen molar-refractivity contribution < 1.29 is 18.7 Å². The molecule has 0 aliphatic heterocycles. The minimum atomic E-state index is -0.331. The van der Waals surface area contributed by atoms with Gasteiger partial charge >= 0.3 is 0 Å². The Morgan fingerprint density at radius 1 is 0.968 bits per heavy atom. The number of carbonyl (C=O) groups excluding carboxylic acids is 2. The van der Waals surface area contributed by atoms with Gasteiger partial charge in [-0.05, 0) is 86.7 Å². The number of rotatable bonds is 7. The van der Waals surface area contributed by atoms with Gasteiger partial charge in [0.15, 0.2) is 5.11 Å². The highest BCUT2D eigenvalue weighted by atomic mass is 32.1. The van der Waals surface area contributed by atoms with Crippen LogP contribution in [0.3, 0.4) is 0 Å². The normalized spacial score (nSPS) is 10.4. The topological polar surface area (TPSA) is 92.6 Å². The van der Waals surface area contributed by atoms with Crippen LogP contribution in [0.5, 0.6) is 5.75 Å². The molecule has 0 saturated heterocycles. The van der Waals surface area contributed by atoms with E-state index in [1.807, 2.05) is 13.8 Å². The molecular formula is C23H23N3O4S. The maximum atomic E-state index is 12.4. The third kappa shape index (κ3) is 6.68. The Balaban J connectivity index is 1.49. The van der Waals surface area contributed by atoms with Crippen LogP contribution in [0.2, 0.25) is 0 Å². The molecule has 2 aromatic carbocycles. The summed E-state index contributed by atoms with van der Waals surface area (Å²) in [6.45, 7) is 4.18. The molecule has 7 nitrogen and oxygen atoms in total. The highest BCUT2D eigenvalue weighted by molar-refractivity contribution is 7.80. The van der Waals surface area contributed by atoms with Crippen LogP contribution >= 0.6 is 12.2 Å². The summed E-state index contributed by atoms with van der Waals surface area (Å²) in [6, 6.07) is 17.1. The summed E-state index contributed by atoms with van der Waals surface area (Å²) in [5.74, 6) is 0.821. The van der Waals surface area contributed by atoms with E-state index < -0.39 is 0 Å². The molecule has 3 aromatic rings. The van der Waals surface area contributed by atoms with Gasteiger partial charge in [-0.25, -0.2) is 0 Å². The molecule has 0 aliphatic carbocycles. The van der Waals surface area contributed by atoms with E-state index in [0.29, 0.717) is 34.9 Å². The van der Waals surface area contributed by atoms with E-state index in [-0.39, 0.29) is 23.0 Å². The Bertz CT molecular complexity index is 1030. The van der Waals surface area contributed by atoms with E-state index in [2.05, 4.69) is 16.0 Å². The van der Waals surface area contributed by atoms with Crippen molar-refractivity contribution in [1.29, 1.82) is 0 Å². The number of nitrogens with one attached hydrogen (secondary N) is 3. The molecule has 3 N–H and O–H groups in total. The Morgan fingerprint density at radius 3 is 2.23 bits per heavy atom. The zero-order valence-electron chi connectivity index (χ0n) is 17.2. The Hall–Kier alpha value is -3.65. The first-order valence-corrected chi connectivity index (χ1v) is 10.1. The number of thiocarbonyl (C=S) groups is 1. The molecule has 0 bridgehead atoms. The Kier molecular flexibility index (Phi) is 7.40. The summed E-state index contributed by atoms with van der Waals surface area (Å²) in [7, 11) is 0. The average Bonchev–Trinajstić information content (AvgIpc) is 3.26. The highest BCUT2D eigenvalue weighted by Gasteiger charge is 2.10. The molecule has 8 heteroatoms. The van der Waals surface area contributed by atoms with Crippen LogP contribution in [0.4, 0.5) is 5.69 Å². The Morgan fingerprint density at radius 2 is 1.61 bits per heavy atom. The second-order valence-corrected chi connectivity index (χ2v) is 7.35. The standard InChI is InChI=1S/C23H23N3O4S/c1-15(2)30-19-11-7-17(8-12-19)22(28)26-23(31)25-18-9-5-16(6-10-18)21(27)24-14-20-4-3-13-29-20/h3-13,15H,14H2,1-2H3,(H,24,27)(H2,25,26,28,31). The smallest absolute Gasteiger partial charge is 0.257 e. The van der Waals surface area contributed by atoms with Gasteiger partial charge in [0.2, 0.25) is 0 Å². The van der Waals surface area contributed by atoms with Crippen molar-refractivity contribution in [3.8, 4) is 5.75 Å². The second-order valence-electron chi connectivity index (χ2n) is 6.94. The maximum Gasteiger partial charge on any atom is 0.257 e. The van der Waals surface area contributed by atoms with Crippen LogP contribution < -0.4 is 20.7 Å². The first-order valence-electron chi connectivity index (χ1n) is 9.70. The highest BCUT2D eigenvalue weighted by Crippen LogP contribution is 2.14. The van der Waals surface area contributed by atoms with Crippen LogP contribution in [-0.2, 0) is 6.54 Å². The van der Waals surface area contributed by atoms with E-state index in [9.17, 15) is 9.59 Å². The zero-order chi connectivity index (χ0) is 22.2. The van der Waals surface area contributed by atoms with Gasteiger partial charge in [0.1, 0.15) is 11.5 Å². The van der Waals surface area contributed by atoms with Crippen molar-refractivity contribution in [2.24, 2.45) is 0 Å². The lowest BCUT2D eigenvalue weighted by Gasteiger charge is -2.12. The molecule has 0 spiro atoms. The lowest BCUT2D eigenvalue weighted by Crippen LogP contribution is -2.34. The quantitative estimate of drug-likeness (QED) is 0.482. The van der Waals surface area contributed by atoms with Crippen LogP contribution in [0.15, 0.2) is 71.3 Å². The minimum Gasteiger partial charge on any atom is -0.491 e. The van der Waals surface area contributed by atoms with Crippen LogP contribution in [0.25, 0.3) is 0 Å². The SMILES string of the molecule is CC(C)Oc1ccc(C(=O)NC(=S)Nc2ccc(C(=O)NCc3ccco3)cc2)cc1. The fraction of sp³-hybridized carbons (Fsp3) is 0.174. The third-order valence-electron chi connectivity index (χ3n) is 4.12. The summed E-state index contributed by atoms with van der Waals surface area (Å²) in [5.41, 5.74) is 1.60. The van der Waals surface area contributed by atoms with Crippen molar-refractivity contribution in [3.63, 3.8) is 0 Å². The first kappa shape index (κ1) is 22.0. The molecule has 0 unspecified atom stereocenters. The van der Waals surface area contributed by atoms with E-state index in [1.165, 1.54) is 0 Å². The fourth-order valence-electron chi connectivity index (χ4n) is 2.68. The molecule has 0 radical (unpaired) electrons. The lowest BCUT2D eigenvalue weighted by atomic mass is 10.2. The van der Waals surface area contributed by atoms with E-state index in [0.717, 1.165) is 0 Å². The maximum absolute atomic E-state index is 12.4. The van der Waals surface area contributed by atoms with Gasteiger partial charge in [-0.1, -0.05) is 0 Å². The number of benzene rings is 2. The monoisotopic (exact) mass is 437 g/mol. The predicted octanol–water partition coefficient (Wildman–Crippen LogP) is 4.12. The van der Waals surface area contributed by atoms with Crippen LogP contribution in [0, 0.1) is 0 Å². The molecule has 0 aliphatic rings. The molecule has 2 amide bonds. The second kappa shape index (κ2) is 10.4. The molecule has 1 heterocycles. The number of hydrogen-bond donors (Lipinski definition) is 3. The zero-order valence-corrected chi connectivity index (χ0v) is 18.0. The number of ether oxygens (including phenoxy) is 1. The van der Waals surface area contributed by atoms with Crippen molar-refractivity contribution in [2.45, 2.75) is 26.5 Å². The number of anilines is 1. The van der Waals surface area contributed by atoms with Crippen LogP contribution in [-0.4, -0.2) is 23.0 Å². The Labute approximate surface area is 185 Å². The molecule has 0 atom stereocenters. The number of furan rings is 1. The molecule has 0 saturated carbocycles. The molecule has 0 fully saturated rings. The summed E-state index contributed by atoms with van der Waals surface area (Å²) in [4.78, 5) is 24.5. The van der Waals surface area contributed by atoms with E-state index in [1.54, 1.807) is 66.9 Å². The van der Waals surface area contributed by atoms with Gasteiger partial charge in [-0.3, -0.25) is 14.9 Å². The van der Waals surface area contributed by atoms with Gasteiger partial charge in [-0.2, -0.15) is 0 Å². The minimum absolute atomic E-state index is 0.0601. The van der Waals surface area contributed by atoms with Gasteiger partial charge in [-0.15, -0.1) is 0 Å². The van der Waals surface area contributed by atoms with Crippen molar-refractivity contribution in [3.05, 3.63) is 83.8 Å². The summed E-state index contributed by atoms with van der Waals surface area (Å²) in [6.07, 6.45) is 1.62. The van der Waals surface area contributed by atoms with Gasteiger partial charge in [0.25, 0.3) is 11.8 Å². The van der Waals surface area contributed by atoms with Crippen LogP contribution in [0.1, 0.15) is 40.3 Å². The number of amides is 2. The third-order valence-corrected chi connectivity index (χ3v) is 4.33. The molecule has 3 rings (SSSR count). The average molecular weight is 438 g/mol. The molecular weight excluding hydrogens is 414 g/mol. The van der Waals surface area contributed by atoms with Gasteiger partial charge in [0, 0.05) is 16.8 Å². The molecule has 31 heavy (non-hydrogen) atoms. The van der Waals surface area contributed by atoms with E-state index >= 15 is 0 Å². The number of carbonyl (C=O) groups is 2. The molecule has 1 aromatic heterocycles. The summed E-state index contributed by atoms with van der Waals surface area (Å²) >= 11 is 5.21. The van der Waals surface area contributed by atoms with Gasteiger partial charge in [0.05, 0.1) is 18.9 Å². The first-order chi connectivity index (χ1) is 14.9. The van der Waals surface area contributed by atoms with Crippen molar-refractivity contribution >= 4 is 34.8 Å². The van der Waals surface area contributed by atoms with E-state index in [4.69, 9.17) is 21.4 Å². The summed E-state index contributed by atoms with van der Waals surface area (Å²) in [5, 5.41) is 8.49. The molecule has 160 valence electrons. The predicted molar refractivity (Wildman–Crippen MR) is 122 cm³/mol. The largest absolute Gasteiger partial charge is 0.491 e. The van der Waals surface area contributed by atoms with Crippen molar-refractivity contribution in [2.75, 3.05) is 5.32 Å². The summed E-state index contributed by atoms with van der Waals surface area (Å²) < 4.78 is 10.8. The fourth-order valence-corrected chi connectivity index (χ4v) is 2.89. The van der Waals surface area contributed by atoms with Crippen molar-refractivity contribution in [1.82, 2.24) is 10.6 Å². The lowest BCUT2D eigenvalue weighted by molar-refractivity contribution is 0.0946.